The molecule has 1 heterocycles. The molecule has 1 N–H and O–H groups in total. The van der Waals surface area contributed by atoms with Gasteiger partial charge in [-0.25, -0.2) is 0 Å². The Morgan fingerprint density at radius 2 is 2.33 bits per heavy atom. The number of nitrogens with one attached hydrogen (secondary N) is 1. The first-order valence-corrected chi connectivity index (χ1v) is 6.09. The molecule has 2 unspecified atom stereocenters. The number of furan rings is 1. The fraction of sp³-hybridized carbons (Fsp3) is 0.692. The fourth-order valence-electron chi connectivity index (χ4n) is 2.20. The van der Waals surface area contributed by atoms with Gasteiger partial charge in [-0.3, -0.25) is 0 Å². The Labute approximate surface area is 92.1 Å². The summed E-state index contributed by atoms with van der Waals surface area (Å²) in [6.07, 6.45) is 8.98. The molecule has 2 nitrogen and oxygen atoms in total. The van der Waals surface area contributed by atoms with Gasteiger partial charge in [0, 0.05) is 17.6 Å². The van der Waals surface area contributed by atoms with Crippen molar-refractivity contribution in [2.24, 2.45) is 5.92 Å². The first-order chi connectivity index (χ1) is 7.31. The van der Waals surface area contributed by atoms with Crippen molar-refractivity contribution in [2.45, 2.75) is 51.6 Å². The Morgan fingerprint density at radius 1 is 1.53 bits per heavy atom. The van der Waals surface area contributed by atoms with Gasteiger partial charge in [0.25, 0.3) is 0 Å². The minimum atomic E-state index is 0.417. The minimum absolute atomic E-state index is 0.417. The van der Waals surface area contributed by atoms with Gasteiger partial charge in [-0.15, -0.1) is 0 Å². The van der Waals surface area contributed by atoms with E-state index in [9.17, 15) is 0 Å². The third-order valence-electron chi connectivity index (χ3n) is 3.30. The van der Waals surface area contributed by atoms with Crippen molar-refractivity contribution in [2.75, 3.05) is 0 Å². The lowest BCUT2D eigenvalue weighted by molar-refractivity contribution is 0.388. The Balaban J connectivity index is 1.88. The van der Waals surface area contributed by atoms with Crippen molar-refractivity contribution >= 4 is 0 Å². The van der Waals surface area contributed by atoms with Crippen LogP contribution in [0.2, 0.25) is 0 Å². The lowest BCUT2D eigenvalue weighted by Crippen LogP contribution is -2.33. The maximum absolute atomic E-state index is 5.11. The van der Waals surface area contributed by atoms with Gasteiger partial charge >= 0.3 is 0 Å². The molecule has 2 atom stereocenters. The van der Waals surface area contributed by atoms with Crippen molar-refractivity contribution in [1.82, 2.24) is 5.32 Å². The molecule has 1 aliphatic rings. The molecular weight excluding hydrogens is 186 g/mol. The summed E-state index contributed by atoms with van der Waals surface area (Å²) in [7, 11) is 0. The fourth-order valence-corrected chi connectivity index (χ4v) is 2.20. The second-order valence-electron chi connectivity index (χ2n) is 4.68. The Kier molecular flexibility index (Phi) is 3.47. The monoisotopic (exact) mass is 207 g/mol. The van der Waals surface area contributed by atoms with E-state index in [1.54, 1.807) is 6.26 Å². The van der Waals surface area contributed by atoms with Crippen LogP contribution in [0.15, 0.2) is 23.0 Å². The lowest BCUT2D eigenvalue weighted by Gasteiger charge is -2.22. The van der Waals surface area contributed by atoms with Crippen molar-refractivity contribution in [3.8, 4) is 0 Å². The van der Waals surface area contributed by atoms with E-state index in [0.717, 1.165) is 5.92 Å². The molecule has 0 spiro atoms. The molecule has 0 amide bonds. The zero-order valence-electron chi connectivity index (χ0n) is 9.70. The molecule has 0 radical (unpaired) electrons. The average molecular weight is 207 g/mol. The highest BCUT2D eigenvalue weighted by molar-refractivity contribution is 5.11. The zero-order chi connectivity index (χ0) is 10.7. The van der Waals surface area contributed by atoms with E-state index < -0.39 is 0 Å². The van der Waals surface area contributed by atoms with Gasteiger partial charge in [-0.1, -0.05) is 13.3 Å². The summed E-state index contributed by atoms with van der Waals surface area (Å²) in [5.41, 5.74) is 1.26. The summed E-state index contributed by atoms with van der Waals surface area (Å²) < 4.78 is 5.11. The van der Waals surface area contributed by atoms with Crippen molar-refractivity contribution in [3.05, 3.63) is 24.2 Å². The average Bonchev–Trinajstić information content (AvgIpc) is 2.92. The SMILES string of the molecule is CCCC(NC(C)c1ccoc1)C1CC1. The molecule has 15 heavy (non-hydrogen) atoms. The van der Waals surface area contributed by atoms with Crippen LogP contribution in [0.5, 0.6) is 0 Å². The molecule has 1 saturated carbocycles. The van der Waals surface area contributed by atoms with Gasteiger partial charge in [0.15, 0.2) is 0 Å². The van der Waals surface area contributed by atoms with Crippen LogP contribution >= 0.6 is 0 Å². The second-order valence-corrected chi connectivity index (χ2v) is 4.68. The van der Waals surface area contributed by atoms with Gasteiger partial charge in [0.05, 0.1) is 12.5 Å². The largest absolute Gasteiger partial charge is 0.472 e. The Hall–Kier alpha value is -0.760. The highest BCUT2D eigenvalue weighted by Crippen LogP contribution is 2.35. The van der Waals surface area contributed by atoms with Crippen LogP contribution in [-0.4, -0.2) is 6.04 Å². The van der Waals surface area contributed by atoms with Gasteiger partial charge in [0.2, 0.25) is 0 Å². The minimum Gasteiger partial charge on any atom is -0.472 e. The van der Waals surface area contributed by atoms with E-state index in [2.05, 4.69) is 19.2 Å². The standard InChI is InChI=1S/C13H21NO/c1-3-4-13(11-5-6-11)14-10(2)12-7-8-15-9-12/h7-11,13-14H,3-6H2,1-2H3. The molecular formula is C13H21NO. The molecule has 0 aliphatic heterocycles. The van der Waals surface area contributed by atoms with E-state index in [4.69, 9.17) is 4.42 Å². The van der Waals surface area contributed by atoms with E-state index in [0.29, 0.717) is 12.1 Å². The predicted octanol–water partition coefficient (Wildman–Crippen LogP) is 3.51. The smallest absolute Gasteiger partial charge is 0.0950 e. The molecule has 1 aromatic heterocycles. The lowest BCUT2D eigenvalue weighted by atomic mass is 10.0. The Bertz CT molecular complexity index is 277. The first kappa shape index (κ1) is 10.7. The van der Waals surface area contributed by atoms with Gasteiger partial charge < -0.3 is 9.73 Å². The first-order valence-electron chi connectivity index (χ1n) is 6.09. The summed E-state index contributed by atoms with van der Waals surface area (Å²) >= 11 is 0. The number of rotatable bonds is 6. The second kappa shape index (κ2) is 4.84. The topological polar surface area (TPSA) is 25.2 Å². The summed E-state index contributed by atoms with van der Waals surface area (Å²) in [5, 5.41) is 3.72. The maximum atomic E-state index is 5.11. The van der Waals surface area contributed by atoms with Gasteiger partial charge in [0.1, 0.15) is 0 Å². The number of hydrogen-bond acceptors (Lipinski definition) is 2. The molecule has 1 aliphatic carbocycles. The summed E-state index contributed by atoms with van der Waals surface area (Å²) in [6.45, 7) is 4.48. The third kappa shape index (κ3) is 2.85. The number of hydrogen-bond donors (Lipinski definition) is 1. The highest BCUT2D eigenvalue weighted by Gasteiger charge is 2.31. The molecule has 84 valence electrons. The normalized spacial score (nSPS) is 20.1. The van der Waals surface area contributed by atoms with Crippen LogP contribution in [0, 0.1) is 5.92 Å². The van der Waals surface area contributed by atoms with E-state index in [1.807, 2.05) is 12.3 Å². The Morgan fingerprint density at radius 3 is 2.87 bits per heavy atom. The van der Waals surface area contributed by atoms with Gasteiger partial charge in [-0.05, 0) is 38.2 Å². The van der Waals surface area contributed by atoms with Crippen molar-refractivity contribution in [3.63, 3.8) is 0 Å². The van der Waals surface area contributed by atoms with E-state index in [1.165, 1.54) is 31.2 Å². The molecule has 2 rings (SSSR count). The molecule has 1 fully saturated rings. The van der Waals surface area contributed by atoms with Crippen LogP contribution in [-0.2, 0) is 0 Å². The van der Waals surface area contributed by atoms with Crippen molar-refractivity contribution in [1.29, 1.82) is 0 Å². The molecule has 2 heteroatoms. The molecule has 0 aromatic carbocycles. The third-order valence-corrected chi connectivity index (χ3v) is 3.30. The van der Waals surface area contributed by atoms with Gasteiger partial charge in [-0.2, -0.15) is 0 Å². The van der Waals surface area contributed by atoms with Crippen LogP contribution in [0.3, 0.4) is 0 Å². The predicted molar refractivity (Wildman–Crippen MR) is 61.7 cm³/mol. The van der Waals surface area contributed by atoms with Crippen LogP contribution in [0.25, 0.3) is 0 Å². The zero-order valence-corrected chi connectivity index (χ0v) is 9.70. The summed E-state index contributed by atoms with van der Waals surface area (Å²) in [4.78, 5) is 0. The van der Waals surface area contributed by atoms with E-state index >= 15 is 0 Å². The summed E-state index contributed by atoms with van der Waals surface area (Å²) in [5.74, 6) is 0.930. The molecule has 0 bridgehead atoms. The molecule has 0 saturated heterocycles. The quantitative estimate of drug-likeness (QED) is 0.772. The summed E-state index contributed by atoms with van der Waals surface area (Å²) in [6, 6.07) is 3.17. The highest BCUT2D eigenvalue weighted by atomic mass is 16.3. The van der Waals surface area contributed by atoms with Crippen LogP contribution in [0.4, 0.5) is 0 Å². The van der Waals surface area contributed by atoms with E-state index in [-0.39, 0.29) is 0 Å². The maximum Gasteiger partial charge on any atom is 0.0950 e. The van der Waals surface area contributed by atoms with Crippen molar-refractivity contribution < 1.29 is 4.42 Å². The van der Waals surface area contributed by atoms with Crippen LogP contribution < -0.4 is 5.32 Å². The van der Waals surface area contributed by atoms with Crippen LogP contribution in [0.1, 0.15) is 51.1 Å². The molecule has 1 aromatic rings.